The van der Waals surface area contributed by atoms with Crippen molar-refractivity contribution in [2.75, 3.05) is 0 Å². The minimum atomic E-state index is -0.211. The summed E-state index contributed by atoms with van der Waals surface area (Å²) in [5.74, 6) is -0.176. The lowest BCUT2D eigenvalue weighted by molar-refractivity contribution is -0.123. The molecule has 0 bridgehead atoms. The molecule has 2 aromatic heterocycles. The van der Waals surface area contributed by atoms with Crippen LogP contribution < -0.4 is 5.56 Å². The first-order valence-corrected chi connectivity index (χ1v) is 11.4. The number of aryl methyl sites for hydroxylation is 1. The zero-order valence-corrected chi connectivity index (χ0v) is 19.1. The van der Waals surface area contributed by atoms with Crippen molar-refractivity contribution < 1.29 is 4.79 Å². The van der Waals surface area contributed by atoms with Crippen LogP contribution in [0.25, 0.3) is 11.7 Å². The molecular weight excluding hydrogens is 434 g/mol. The molecule has 30 heavy (non-hydrogen) atoms. The predicted octanol–water partition coefficient (Wildman–Crippen LogP) is 4.76. The molecule has 0 spiro atoms. The van der Waals surface area contributed by atoms with Gasteiger partial charge in [0.2, 0.25) is 0 Å². The fraction of sp³-hybridized carbons (Fsp3) is 0.182. The molecule has 1 aliphatic rings. The summed E-state index contributed by atoms with van der Waals surface area (Å²) in [6.07, 6.45) is 3.40. The molecular formula is C22H19N3O2S3. The van der Waals surface area contributed by atoms with E-state index >= 15 is 0 Å². The third kappa shape index (κ3) is 3.95. The zero-order chi connectivity index (χ0) is 21.4. The van der Waals surface area contributed by atoms with Gasteiger partial charge < -0.3 is 0 Å². The molecule has 0 aliphatic carbocycles. The number of carbonyl (C=O) groups excluding carboxylic acids is 1. The van der Waals surface area contributed by atoms with E-state index in [1.54, 1.807) is 17.2 Å². The smallest absolute Gasteiger partial charge is 0.266 e. The molecule has 8 heteroatoms. The molecule has 5 nitrogen and oxygen atoms in total. The van der Waals surface area contributed by atoms with Gasteiger partial charge in [0.1, 0.15) is 15.0 Å². The molecule has 4 rings (SSSR count). The number of hydrogen-bond donors (Lipinski definition) is 0. The van der Waals surface area contributed by atoms with Gasteiger partial charge in [0.15, 0.2) is 0 Å². The van der Waals surface area contributed by atoms with Crippen LogP contribution in [0.3, 0.4) is 0 Å². The minimum Gasteiger partial charge on any atom is -0.290 e. The SMILES string of the molecule is Cc1ccc2nc(Sc3ccccc3)c(/C=C3\SC(=S)N(C(C)C)C3=O)c(=O)n2c1. The molecule has 0 radical (unpaired) electrons. The van der Waals surface area contributed by atoms with Crippen LogP contribution in [0.2, 0.25) is 0 Å². The molecule has 3 aromatic rings. The van der Waals surface area contributed by atoms with Crippen LogP contribution in [0.4, 0.5) is 0 Å². The van der Waals surface area contributed by atoms with Gasteiger partial charge >= 0.3 is 0 Å². The van der Waals surface area contributed by atoms with Gasteiger partial charge in [-0.2, -0.15) is 0 Å². The summed E-state index contributed by atoms with van der Waals surface area (Å²) < 4.78 is 2.03. The van der Waals surface area contributed by atoms with Crippen LogP contribution >= 0.6 is 35.7 Å². The van der Waals surface area contributed by atoms with Crippen molar-refractivity contribution in [2.24, 2.45) is 0 Å². The van der Waals surface area contributed by atoms with Gasteiger partial charge in [-0.25, -0.2) is 4.98 Å². The summed E-state index contributed by atoms with van der Waals surface area (Å²) in [5.41, 5.74) is 1.69. The number of carbonyl (C=O) groups is 1. The Morgan fingerprint density at radius 1 is 1.13 bits per heavy atom. The number of fused-ring (bicyclic) bond motifs is 1. The molecule has 1 saturated heterocycles. The van der Waals surface area contributed by atoms with Crippen molar-refractivity contribution in [1.29, 1.82) is 0 Å². The van der Waals surface area contributed by atoms with Gasteiger partial charge in [-0.1, -0.05) is 60.0 Å². The third-order valence-corrected chi connectivity index (χ3v) is 6.89. The highest BCUT2D eigenvalue weighted by atomic mass is 32.2. The predicted molar refractivity (Wildman–Crippen MR) is 127 cm³/mol. The van der Waals surface area contributed by atoms with Crippen LogP contribution in [-0.4, -0.2) is 30.6 Å². The van der Waals surface area contributed by atoms with E-state index < -0.39 is 0 Å². The van der Waals surface area contributed by atoms with E-state index in [4.69, 9.17) is 17.2 Å². The lowest BCUT2D eigenvalue weighted by atomic mass is 10.2. The number of rotatable bonds is 4. The Labute approximate surface area is 188 Å². The first kappa shape index (κ1) is 20.8. The first-order valence-electron chi connectivity index (χ1n) is 9.38. The number of thiocarbonyl (C=S) groups is 1. The standard InChI is InChI=1S/C22H19N3O2S3/c1-13(2)25-21(27)17(30-22(25)28)11-16-19(29-15-7-5-4-6-8-15)23-18-10-9-14(3)12-24(18)20(16)26/h4-13H,1-3H3/b17-11-. The highest BCUT2D eigenvalue weighted by Gasteiger charge is 2.34. The number of pyridine rings is 1. The van der Waals surface area contributed by atoms with Crippen molar-refractivity contribution in [3.05, 3.63) is 75.0 Å². The zero-order valence-electron chi connectivity index (χ0n) is 16.7. The number of benzene rings is 1. The van der Waals surface area contributed by atoms with E-state index in [0.29, 0.717) is 25.5 Å². The Morgan fingerprint density at radius 2 is 1.87 bits per heavy atom. The summed E-state index contributed by atoms with van der Waals surface area (Å²) >= 11 is 8.00. The maximum Gasteiger partial charge on any atom is 0.266 e. The van der Waals surface area contributed by atoms with Gasteiger partial charge in [-0.05, 0) is 50.6 Å². The lowest BCUT2D eigenvalue weighted by Gasteiger charge is -2.18. The molecule has 1 aromatic carbocycles. The van der Waals surface area contributed by atoms with Gasteiger partial charge in [-0.15, -0.1) is 0 Å². The Hall–Kier alpha value is -2.42. The van der Waals surface area contributed by atoms with Gasteiger partial charge in [0, 0.05) is 17.1 Å². The molecule has 1 amide bonds. The monoisotopic (exact) mass is 453 g/mol. The summed E-state index contributed by atoms with van der Waals surface area (Å²) in [6.45, 7) is 5.76. The fourth-order valence-electron chi connectivity index (χ4n) is 3.10. The Balaban J connectivity index is 1.90. The van der Waals surface area contributed by atoms with Gasteiger partial charge in [0.25, 0.3) is 11.5 Å². The minimum absolute atomic E-state index is 0.0416. The molecule has 0 atom stereocenters. The molecule has 0 N–H and O–H groups in total. The Morgan fingerprint density at radius 3 is 2.53 bits per heavy atom. The largest absolute Gasteiger partial charge is 0.290 e. The van der Waals surface area contributed by atoms with E-state index in [1.165, 1.54) is 27.9 Å². The summed E-state index contributed by atoms with van der Waals surface area (Å²) in [4.78, 5) is 34.0. The molecule has 1 aliphatic heterocycles. The maximum absolute atomic E-state index is 13.4. The van der Waals surface area contributed by atoms with Gasteiger partial charge in [0.05, 0.1) is 10.5 Å². The Kier molecular flexibility index (Phi) is 5.81. The van der Waals surface area contributed by atoms with Crippen LogP contribution in [0.5, 0.6) is 0 Å². The molecule has 0 unspecified atom stereocenters. The van der Waals surface area contributed by atoms with Crippen LogP contribution in [-0.2, 0) is 4.79 Å². The fourth-order valence-corrected chi connectivity index (χ4v) is 5.51. The number of hydrogen-bond acceptors (Lipinski definition) is 6. The number of thioether (sulfide) groups is 1. The summed E-state index contributed by atoms with van der Waals surface area (Å²) in [5, 5.41) is 0.560. The van der Waals surface area contributed by atoms with E-state index in [0.717, 1.165) is 10.5 Å². The molecule has 152 valence electrons. The second-order valence-corrected chi connectivity index (χ2v) is 9.87. The van der Waals surface area contributed by atoms with Gasteiger partial charge in [-0.3, -0.25) is 18.9 Å². The second-order valence-electron chi connectivity index (χ2n) is 7.13. The van der Waals surface area contributed by atoms with Crippen molar-refractivity contribution in [3.8, 4) is 0 Å². The quantitative estimate of drug-likeness (QED) is 0.322. The number of amides is 1. The van der Waals surface area contributed by atoms with Crippen LogP contribution in [0.1, 0.15) is 25.0 Å². The maximum atomic E-state index is 13.4. The van der Waals surface area contributed by atoms with E-state index in [9.17, 15) is 9.59 Å². The molecule has 1 fully saturated rings. The summed E-state index contributed by atoms with van der Waals surface area (Å²) in [7, 11) is 0. The van der Waals surface area contributed by atoms with Crippen molar-refractivity contribution in [1.82, 2.24) is 14.3 Å². The van der Waals surface area contributed by atoms with Crippen LogP contribution in [0.15, 0.2) is 68.3 Å². The first-order chi connectivity index (χ1) is 14.3. The topological polar surface area (TPSA) is 54.7 Å². The number of nitrogens with zero attached hydrogens (tertiary/aromatic N) is 3. The molecule has 3 heterocycles. The molecule has 0 saturated carbocycles. The van der Waals surface area contributed by atoms with E-state index in [-0.39, 0.29) is 17.5 Å². The summed E-state index contributed by atoms with van der Waals surface area (Å²) in [6, 6.07) is 13.4. The lowest BCUT2D eigenvalue weighted by Crippen LogP contribution is -2.34. The number of aromatic nitrogens is 2. The average molecular weight is 454 g/mol. The second kappa shape index (κ2) is 8.37. The Bertz CT molecular complexity index is 1250. The van der Waals surface area contributed by atoms with E-state index in [2.05, 4.69) is 0 Å². The van der Waals surface area contributed by atoms with Crippen molar-refractivity contribution in [3.63, 3.8) is 0 Å². The van der Waals surface area contributed by atoms with Crippen LogP contribution in [0, 0.1) is 6.92 Å². The highest BCUT2D eigenvalue weighted by molar-refractivity contribution is 8.26. The highest BCUT2D eigenvalue weighted by Crippen LogP contribution is 2.35. The average Bonchev–Trinajstić information content (AvgIpc) is 2.99. The van der Waals surface area contributed by atoms with Crippen molar-refractivity contribution >= 4 is 57.7 Å². The van der Waals surface area contributed by atoms with E-state index in [1.807, 2.05) is 63.2 Å². The third-order valence-electron chi connectivity index (χ3n) is 4.54. The normalized spacial score (nSPS) is 15.7. The van der Waals surface area contributed by atoms with Crippen molar-refractivity contribution in [2.45, 2.75) is 36.7 Å².